The summed E-state index contributed by atoms with van der Waals surface area (Å²) in [6.45, 7) is 7.33. The summed E-state index contributed by atoms with van der Waals surface area (Å²) in [6.07, 6.45) is 1.30. The summed E-state index contributed by atoms with van der Waals surface area (Å²) in [6, 6.07) is -0.522. The van der Waals surface area contributed by atoms with Gasteiger partial charge in [0, 0.05) is 6.42 Å². The van der Waals surface area contributed by atoms with Gasteiger partial charge in [0.25, 0.3) is 0 Å². The van der Waals surface area contributed by atoms with Crippen LogP contribution >= 0.6 is 0 Å². The van der Waals surface area contributed by atoms with Gasteiger partial charge in [-0.15, -0.1) is 0 Å². The molecule has 1 aliphatic carbocycles. The highest BCUT2D eigenvalue weighted by Crippen LogP contribution is 2.36. The molecule has 2 atom stereocenters. The van der Waals surface area contributed by atoms with Crippen LogP contribution in [0.1, 0.15) is 47.0 Å². The second kappa shape index (κ2) is 4.17. The highest BCUT2D eigenvalue weighted by molar-refractivity contribution is 5.88. The standard InChI is InChI=1S/C12H21NO3/c1-11(2,3)16-10(15)12(4)6-5-9(14)8(13)7-12/h8H,5-7,13H2,1-4H3. The quantitative estimate of drug-likeness (QED) is 0.688. The molecule has 0 aliphatic heterocycles. The van der Waals surface area contributed by atoms with E-state index >= 15 is 0 Å². The number of nitrogens with two attached hydrogens (primary N) is 1. The predicted octanol–water partition coefficient (Wildman–Crippen LogP) is 1.41. The second-order valence-corrected chi connectivity index (χ2v) is 5.84. The van der Waals surface area contributed by atoms with E-state index < -0.39 is 17.1 Å². The van der Waals surface area contributed by atoms with E-state index in [1.807, 2.05) is 27.7 Å². The minimum absolute atomic E-state index is 0.0426. The first-order valence-corrected chi connectivity index (χ1v) is 5.66. The third-order valence-electron chi connectivity index (χ3n) is 2.90. The molecule has 2 unspecified atom stereocenters. The Morgan fingerprint density at radius 3 is 2.50 bits per heavy atom. The van der Waals surface area contributed by atoms with E-state index in [1.165, 1.54) is 0 Å². The molecule has 0 heterocycles. The Kier molecular flexibility index (Phi) is 3.43. The zero-order valence-electron chi connectivity index (χ0n) is 10.5. The molecule has 1 aliphatic rings. The van der Waals surface area contributed by atoms with Crippen LogP contribution in [0.15, 0.2) is 0 Å². The van der Waals surface area contributed by atoms with Gasteiger partial charge in [-0.05, 0) is 40.5 Å². The Labute approximate surface area is 96.5 Å². The lowest BCUT2D eigenvalue weighted by Gasteiger charge is -2.35. The first kappa shape index (κ1) is 13.2. The van der Waals surface area contributed by atoms with Crippen molar-refractivity contribution in [1.29, 1.82) is 0 Å². The zero-order valence-corrected chi connectivity index (χ0v) is 10.5. The molecular formula is C12H21NO3. The molecule has 0 spiro atoms. The third-order valence-corrected chi connectivity index (χ3v) is 2.90. The molecule has 1 saturated carbocycles. The Morgan fingerprint density at radius 1 is 1.50 bits per heavy atom. The summed E-state index contributed by atoms with van der Waals surface area (Å²) in [7, 11) is 0. The maximum atomic E-state index is 12.0. The Morgan fingerprint density at radius 2 is 2.06 bits per heavy atom. The molecule has 92 valence electrons. The highest BCUT2D eigenvalue weighted by atomic mass is 16.6. The maximum Gasteiger partial charge on any atom is 0.312 e. The van der Waals surface area contributed by atoms with Gasteiger partial charge in [-0.1, -0.05) is 0 Å². The smallest absolute Gasteiger partial charge is 0.312 e. The topological polar surface area (TPSA) is 69.4 Å². The molecule has 0 aromatic rings. The van der Waals surface area contributed by atoms with E-state index in [0.29, 0.717) is 19.3 Å². The number of carbonyl (C=O) groups excluding carboxylic acids is 2. The number of Topliss-reactive ketones (excluding diaryl/α,β-unsaturated/α-hetero) is 1. The van der Waals surface area contributed by atoms with E-state index in [2.05, 4.69) is 0 Å². The molecule has 1 rings (SSSR count). The average Bonchev–Trinajstić information content (AvgIpc) is 2.09. The first-order chi connectivity index (χ1) is 7.14. The fourth-order valence-electron chi connectivity index (χ4n) is 1.87. The van der Waals surface area contributed by atoms with Gasteiger partial charge in [-0.2, -0.15) is 0 Å². The highest BCUT2D eigenvalue weighted by Gasteiger charge is 2.43. The van der Waals surface area contributed by atoms with E-state index in [-0.39, 0.29) is 11.8 Å². The lowest BCUT2D eigenvalue weighted by atomic mass is 9.73. The molecule has 1 fully saturated rings. The van der Waals surface area contributed by atoms with Crippen LogP contribution in [0, 0.1) is 5.41 Å². The number of esters is 1. The van der Waals surface area contributed by atoms with Crippen molar-refractivity contribution < 1.29 is 14.3 Å². The van der Waals surface area contributed by atoms with Crippen LogP contribution in [0.2, 0.25) is 0 Å². The normalized spacial score (nSPS) is 31.3. The van der Waals surface area contributed by atoms with Crippen molar-refractivity contribution >= 4 is 11.8 Å². The lowest BCUT2D eigenvalue weighted by Crippen LogP contribution is -2.46. The Hall–Kier alpha value is -0.900. The molecular weight excluding hydrogens is 206 g/mol. The predicted molar refractivity (Wildman–Crippen MR) is 60.8 cm³/mol. The average molecular weight is 227 g/mol. The summed E-state index contributed by atoms with van der Waals surface area (Å²) >= 11 is 0. The van der Waals surface area contributed by atoms with Gasteiger partial charge in [0.05, 0.1) is 11.5 Å². The van der Waals surface area contributed by atoms with Gasteiger partial charge in [-0.3, -0.25) is 9.59 Å². The number of carbonyl (C=O) groups is 2. The van der Waals surface area contributed by atoms with Crippen molar-refractivity contribution in [2.75, 3.05) is 0 Å². The van der Waals surface area contributed by atoms with Crippen molar-refractivity contribution in [2.45, 2.75) is 58.6 Å². The fourth-order valence-corrected chi connectivity index (χ4v) is 1.87. The molecule has 4 heteroatoms. The molecule has 16 heavy (non-hydrogen) atoms. The van der Waals surface area contributed by atoms with Gasteiger partial charge < -0.3 is 10.5 Å². The van der Waals surface area contributed by atoms with Gasteiger partial charge in [0.15, 0.2) is 0 Å². The van der Waals surface area contributed by atoms with Crippen LogP contribution in [0.5, 0.6) is 0 Å². The van der Waals surface area contributed by atoms with Crippen LogP contribution in [0.4, 0.5) is 0 Å². The SMILES string of the molecule is CC(C)(C)OC(=O)C1(C)CCC(=O)C(N)C1. The van der Waals surface area contributed by atoms with E-state index in [4.69, 9.17) is 10.5 Å². The van der Waals surface area contributed by atoms with Crippen molar-refractivity contribution in [1.82, 2.24) is 0 Å². The van der Waals surface area contributed by atoms with Gasteiger partial charge in [0.1, 0.15) is 11.4 Å². The van der Waals surface area contributed by atoms with Crippen molar-refractivity contribution in [3.8, 4) is 0 Å². The summed E-state index contributed by atoms with van der Waals surface area (Å²) in [5.41, 5.74) is 4.59. The lowest BCUT2D eigenvalue weighted by molar-refractivity contribution is -0.169. The minimum Gasteiger partial charge on any atom is -0.460 e. The minimum atomic E-state index is -0.611. The molecule has 0 aromatic heterocycles. The van der Waals surface area contributed by atoms with Gasteiger partial charge in [0.2, 0.25) is 0 Å². The maximum absolute atomic E-state index is 12.0. The van der Waals surface area contributed by atoms with Crippen LogP contribution in [0.3, 0.4) is 0 Å². The second-order valence-electron chi connectivity index (χ2n) is 5.84. The fraction of sp³-hybridized carbons (Fsp3) is 0.833. The molecule has 0 aromatic carbocycles. The summed E-state index contributed by atoms with van der Waals surface area (Å²) in [4.78, 5) is 23.3. The largest absolute Gasteiger partial charge is 0.460 e. The molecule has 0 saturated heterocycles. The van der Waals surface area contributed by atoms with Crippen LogP contribution in [-0.4, -0.2) is 23.4 Å². The van der Waals surface area contributed by atoms with Crippen LogP contribution < -0.4 is 5.73 Å². The number of hydrogen-bond acceptors (Lipinski definition) is 4. The molecule has 0 bridgehead atoms. The van der Waals surface area contributed by atoms with Gasteiger partial charge in [-0.25, -0.2) is 0 Å². The van der Waals surface area contributed by atoms with Crippen LogP contribution in [0.25, 0.3) is 0 Å². The summed E-state index contributed by atoms with van der Waals surface area (Å²) < 4.78 is 5.36. The monoisotopic (exact) mass is 227 g/mol. The molecule has 2 N–H and O–H groups in total. The molecule has 0 amide bonds. The summed E-state index contributed by atoms with van der Waals surface area (Å²) in [5.74, 6) is -0.205. The third kappa shape index (κ3) is 3.04. The number of ether oxygens (including phenoxy) is 1. The first-order valence-electron chi connectivity index (χ1n) is 5.66. The van der Waals surface area contributed by atoms with E-state index in [0.717, 1.165) is 0 Å². The van der Waals surface area contributed by atoms with Crippen LogP contribution in [-0.2, 0) is 14.3 Å². The molecule has 0 radical (unpaired) electrons. The summed E-state index contributed by atoms with van der Waals surface area (Å²) in [5, 5.41) is 0. The van der Waals surface area contributed by atoms with Crippen molar-refractivity contribution in [3.05, 3.63) is 0 Å². The van der Waals surface area contributed by atoms with Crippen molar-refractivity contribution in [2.24, 2.45) is 11.1 Å². The number of ketones is 1. The van der Waals surface area contributed by atoms with E-state index in [9.17, 15) is 9.59 Å². The molecule has 4 nitrogen and oxygen atoms in total. The van der Waals surface area contributed by atoms with Crippen molar-refractivity contribution in [3.63, 3.8) is 0 Å². The number of rotatable bonds is 1. The Balaban J connectivity index is 2.71. The van der Waals surface area contributed by atoms with E-state index in [1.54, 1.807) is 0 Å². The Bertz CT molecular complexity index is 306. The zero-order chi connectivity index (χ0) is 12.6. The van der Waals surface area contributed by atoms with Gasteiger partial charge >= 0.3 is 5.97 Å². The number of hydrogen-bond donors (Lipinski definition) is 1.